The van der Waals surface area contributed by atoms with Crippen LogP contribution in [0.25, 0.3) is 0 Å². The van der Waals surface area contributed by atoms with E-state index in [1.807, 2.05) is 18.2 Å². The molecule has 5 nitrogen and oxygen atoms in total. The first-order chi connectivity index (χ1) is 7.52. The van der Waals surface area contributed by atoms with Gasteiger partial charge in [0.1, 0.15) is 6.10 Å². The highest BCUT2D eigenvalue weighted by Gasteiger charge is 2.12. The number of carboxylic acid groups (broad SMARTS) is 1. The number of aliphatic hydroxyl groups is 1. The second-order valence-corrected chi connectivity index (χ2v) is 3.16. The van der Waals surface area contributed by atoms with Gasteiger partial charge in [-0.3, -0.25) is 4.79 Å². The minimum atomic E-state index is -1.23. The van der Waals surface area contributed by atoms with E-state index in [0.717, 1.165) is 5.56 Å². The molecule has 1 atom stereocenters. The molecule has 0 aliphatic carbocycles. The van der Waals surface area contributed by atoms with Gasteiger partial charge in [0.15, 0.2) is 0 Å². The highest BCUT2D eigenvalue weighted by molar-refractivity contribution is 6.12. The normalized spacial score (nSPS) is 13.8. The molecule has 2 N–H and O–H groups in total. The Morgan fingerprint density at radius 3 is 2.44 bits per heavy atom. The van der Waals surface area contributed by atoms with Crippen molar-refractivity contribution in [2.24, 2.45) is 4.99 Å². The lowest BCUT2D eigenvalue weighted by molar-refractivity contribution is -0.145. The predicted molar refractivity (Wildman–Crippen MR) is 57.7 cm³/mol. The molecule has 1 amide bonds. The maximum absolute atomic E-state index is 10.9. The smallest absolute Gasteiger partial charge is 0.332 e. The number of aliphatic imine (C=N–C) groups is 1. The van der Waals surface area contributed by atoms with Crippen LogP contribution < -0.4 is 0 Å². The summed E-state index contributed by atoms with van der Waals surface area (Å²) in [6.07, 6.45) is 0.363. The summed E-state index contributed by atoms with van der Waals surface area (Å²) in [4.78, 5) is 24.0. The number of carboxylic acids is 1. The molecular weight excluding hydrogens is 210 g/mol. The lowest BCUT2D eigenvalue weighted by Crippen LogP contribution is -2.13. The van der Waals surface area contributed by atoms with E-state index in [4.69, 9.17) is 10.2 Å². The first-order valence-electron chi connectivity index (χ1n) is 4.60. The van der Waals surface area contributed by atoms with Gasteiger partial charge in [-0.2, -0.15) is 0 Å². The van der Waals surface area contributed by atoms with Crippen LogP contribution in [0.5, 0.6) is 0 Å². The van der Waals surface area contributed by atoms with Crippen molar-refractivity contribution in [1.29, 1.82) is 0 Å². The second kappa shape index (κ2) is 5.18. The molecule has 0 saturated carbocycles. The molecule has 0 saturated heterocycles. The average Bonchev–Trinajstić information content (AvgIpc) is 2.62. The number of hydrogen-bond acceptors (Lipinski definition) is 3. The number of carbonyl (C=O) groups excluding carboxylic acids is 1. The molecule has 1 aliphatic rings. The van der Waals surface area contributed by atoms with Crippen LogP contribution in [0.15, 0.2) is 29.3 Å². The van der Waals surface area contributed by atoms with E-state index in [0.29, 0.717) is 5.56 Å². The Bertz CT molecular complexity index is 437. The van der Waals surface area contributed by atoms with Crippen LogP contribution in [-0.2, 0) is 4.79 Å². The van der Waals surface area contributed by atoms with Gasteiger partial charge in [-0.1, -0.05) is 18.2 Å². The van der Waals surface area contributed by atoms with Gasteiger partial charge in [0.05, 0.1) is 5.56 Å². The molecule has 0 aromatic heterocycles. The minimum absolute atomic E-state index is 0.129. The number of fused-ring (bicyclic) bond motifs is 1. The third-order valence-electron chi connectivity index (χ3n) is 1.87. The zero-order valence-electron chi connectivity index (χ0n) is 8.62. The number of carbonyl (C=O) groups is 2. The highest BCUT2D eigenvalue weighted by atomic mass is 16.4. The fraction of sp³-hybridized carbons (Fsp3) is 0.182. The fourth-order valence-electron chi connectivity index (χ4n) is 1.00. The molecular formula is C11H11NO4. The SMILES string of the molecule is C[C@H](O)C(=O)O.O=C1N=Cc2ccccc21. The maximum Gasteiger partial charge on any atom is 0.332 e. The molecule has 0 radical (unpaired) electrons. The van der Waals surface area contributed by atoms with Crippen molar-refractivity contribution in [3.63, 3.8) is 0 Å². The molecule has 1 aromatic rings. The average molecular weight is 221 g/mol. The largest absolute Gasteiger partial charge is 0.479 e. The van der Waals surface area contributed by atoms with Gasteiger partial charge < -0.3 is 10.2 Å². The molecule has 1 aliphatic heterocycles. The van der Waals surface area contributed by atoms with Gasteiger partial charge >= 0.3 is 5.97 Å². The molecule has 0 fully saturated rings. The first kappa shape index (κ1) is 12.1. The highest BCUT2D eigenvalue weighted by Crippen LogP contribution is 2.12. The Labute approximate surface area is 92.1 Å². The molecule has 2 rings (SSSR count). The maximum atomic E-state index is 10.9. The van der Waals surface area contributed by atoms with Crippen molar-refractivity contribution in [3.05, 3.63) is 35.4 Å². The lowest BCUT2D eigenvalue weighted by atomic mass is 10.1. The van der Waals surface area contributed by atoms with Gasteiger partial charge in [0.2, 0.25) is 0 Å². The number of nitrogens with zero attached hydrogens (tertiary/aromatic N) is 1. The van der Waals surface area contributed by atoms with Crippen LogP contribution in [0.1, 0.15) is 22.8 Å². The number of amides is 1. The van der Waals surface area contributed by atoms with E-state index in [9.17, 15) is 9.59 Å². The summed E-state index contributed by atoms with van der Waals surface area (Å²) in [5, 5.41) is 15.8. The summed E-state index contributed by atoms with van der Waals surface area (Å²) in [7, 11) is 0. The Hall–Kier alpha value is -2.01. The number of aliphatic hydroxyl groups excluding tert-OH is 1. The number of hydrogen-bond donors (Lipinski definition) is 2. The standard InChI is InChI=1S/C8H5NO.C3H6O3/c10-8-7-4-2-1-3-6(7)5-9-8;1-2(4)3(5)6/h1-5H;2,4H,1H3,(H,5,6)/t;2-/m.0/s1. The quantitative estimate of drug-likeness (QED) is 0.731. The van der Waals surface area contributed by atoms with Crippen LogP contribution in [0.4, 0.5) is 0 Å². The van der Waals surface area contributed by atoms with Crippen LogP contribution in [-0.4, -0.2) is 34.4 Å². The predicted octanol–water partition coefficient (Wildman–Crippen LogP) is 0.711. The van der Waals surface area contributed by atoms with Crippen molar-refractivity contribution in [1.82, 2.24) is 0 Å². The molecule has 0 unspecified atom stereocenters. The third-order valence-corrected chi connectivity index (χ3v) is 1.87. The summed E-state index contributed by atoms with van der Waals surface area (Å²) in [5.74, 6) is -1.31. The molecule has 0 spiro atoms. The molecule has 1 aromatic carbocycles. The van der Waals surface area contributed by atoms with Crippen LogP contribution in [0.2, 0.25) is 0 Å². The van der Waals surface area contributed by atoms with Crippen molar-refractivity contribution >= 4 is 18.1 Å². The summed E-state index contributed by atoms with van der Waals surface area (Å²) >= 11 is 0. The Balaban J connectivity index is 0.000000187. The van der Waals surface area contributed by atoms with Crippen molar-refractivity contribution < 1.29 is 19.8 Å². The van der Waals surface area contributed by atoms with E-state index in [1.165, 1.54) is 6.92 Å². The monoisotopic (exact) mass is 221 g/mol. The zero-order valence-corrected chi connectivity index (χ0v) is 8.62. The lowest BCUT2D eigenvalue weighted by Gasteiger charge is -1.89. The van der Waals surface area contributed by atoms with E-state index < -0.39 is 12.1 Å². The van der Waals surface area contributed by atoms with Gasteiger partial charge in [-0.15, -0.1) is 0 Å². The Kier molecular flexibility index (Phi) is 3.90. The summed E-state index contributed by atoms with van der Waals surface area (Å²) < 4.78 is 0. The Morgan fingerprint density at radius 1 is 1.38 bits per heavy atom. The van der Waals surface area contributed by atoms with Gasteiger partial charge in [0.25, 0.3) is 5.91 Å². The third kappa shape index (κ3) is 2.99. The Morgan fingerprint density at radius 2 is 1.94 bits per heavy atom. The summed E-state index contributed by atoms with van der Waals surface area (Å²) in [6, 6.07) is 7.39. The summed E-state index contributed by atoms with van der Waals surface area (Å²) in [6.45, 7) is 1.20. The van der Waals surface area contributed by atoms with Crippen LogP contribution >= 0.6 is 0 Å². The zero-order chi connectivity index (χ0) is 12.1. The second-order valence-electron chi connectivity index (χ2n) is 3.16. The van der Waals surface area contributed by atoms with Gasteiger partial charge in [0, 0.05) is 11.8 Å². The fourth-order valence-corrected chi connectivity index (χ4v) is 1.00. The minimum Gasteiger partial charge on any atom is -0.479 e. The van der Waals surface area contributed by atoms with Crippen LogP contribution in [0, 0.1) is 0 Å². The van der Waals surface area contributed by atoms with E-state index >= 15 is 0 Å². The number of benzene rings is 1. The van der Waals surface area contributed by atoms with E-state index in [-0.39, 0.29) is 5.91 Å². The molecule has 16 heavy (non-hydrogen) atoms. The summed E-state index contributed by atoms with van der Waals surface area (Å²) in [5.41, 5.74) is 1.63. The number of aliphatic carboxylic acids is 1. The molecule has 84 valence electrons. The van der Waals surface area contributed by atoms with Gasteiger partial charge in [-0.05, 0) is 13.0 Å². The molecule has 0 bridgehead atoms. The topological polar surface area (TPSA) is 87.0 Å². The van der Waals surface area contributed by atoms with Gasteiger partial charge in [-0.25, -0.2) is 9.79 Å². The number of rotatable bonds is 1. The van der Waals surface area contributed by atoms with Crippen molar-refractivity contribution in [2.75, 3.05) is 0 Å². The van der Waals surface area contributed by atoms with E-state index in [1.54, 1.807) is 12.3 Å². The first-order valence-corrected chi connectivity index (χ1v) is 4.60. The molecule has 5 heteroatoms. The molecule has 1 heterocycles. The van der Waals surface area contributed by atoms with E-state index in [2.05, 4.69) is 4.99 Å². The van der Waals surface area contributed by atoms with Crippen molar-refractivity contribution in [3.8, 4) is 0 Å². The van der Waals surface area contributed by atoms with Crippen LogP contribution in [0.3, 0.4) is 0 Å². The van der Waals surface area contributed by atoms with Crippen molar-refractivity contribution in [2.45, 2.75) is 13.0 Å².